The summed E-state index contributed by atoms with van der Waals surface area (Å²) in [5.41, 5.74) is 8.54. The van der Waals surface area contributed by atoms with Crippen LogP contribution in [0.3, 0.4) is 0 Å². The number of nitrogens with zero attached hydrogens (tertiary/aromatic N) is 4. The van der Waals surface area contributed by atoms with E-state index in [1.54, 1.807) is 65.8 Å². The van der Waals surface area contributed by atoms with Gasteiger partial charge in [0.2, 0.25) is 40.1 Å². The molecule has 8 atom stereocenters. The average Bonchev–Trinajstić information content (AvgIpc) is 1.72. The van der Waals surface area contributed by atoms with Crippen molar-refractivity contribution in [3.8, 4) is 0 Å². The molecule has 4 saturated heterocycles. The monoisotopic (exact) mass is 1260 g/mol. The molecule has 0 aromatic heterocycles. The maximum Gasteiger partial charge on any atom is 0.243 e. The summed E-state index contributed by atoms with van der Waals surface area (Å²) in [6.45, 7) is 15.8. The number of rotatable bonds is 12. The van der Waals surface area contributed by atoms with E-state index >= 15 is 0 Å². The number of hydrogen-bond donors (Lipinski definition) is 0. The Kier molecular flexibility index (Phi) is 21.3. The van der Waals surface area contributed by atoms with E-state index in [1.807, 2.05) is 225 Å². The highest BCUT2D eigenvalue weighted by Crippen LogP contribution is 2.44. The molecule has 0 unspecified atom stereocenters. The number of sulfonamides is 4. The summed E-state index contributed by atoms with van der Waals surface area (Å²) in [6.07, 6.45) is 7.06. The van der Waals surface area contributed by atoms with Gasteiger partial charge in [-0.25, -0.2) is 33.7 Å². The molecular weight excluding hydrogens is 1180 g/mol. The Hall–Kier alpha value is -6.60. The predicted octanol–water partition coefficient (Wildman–Crippen LogP) is 15.6. The first kappa shape index (κ1) is 65.8. The second-order valence-electron chi connectivity index (χ2n) is 24.0. The molecule has 0 N–H and O–H groups in total. The lowest BCUT2D eigenvalue weighted by molar-refractivity contribution is 0.340. The highest BCUT2D eigenvalue weighted by molar-refractivity contribution is 7.90. The maximum absolute atomic E-state index is 13.1. The SMILES string of the molecule is Cc1ccc(S(=O)(=O)N2[C@@H](C)CC[C@H]2c2ccccc2)cc1.Cc1ccc(S(=O)(=O)N2[C@@H](C)CC[C@H]2c2ccccc2)cc1.Cc1ccc(S(=O)(=O)N2[C@@H](C)CC[C@H]2c2ccccc2)cc1.Cc1ccc(S(=O)(=O)N2[C@@H](C)CC[C@H]2c2ccccc2)cc1. The molecule has 8 aromatic carbocycles. The Balaban J connectivity index is 0.000000140. The first-order chi connectivity index (χ1) is 42.0. The van der Waals surface area contributed by atoms with Crippen molar-refractivity contribution >= 4 is 40.1 Å². The molecule has 88 heavy (non-hydrogen) atoms. The second kappa shape index (κ2) is 28.5. The molecule has 464 valence electrons. The van der Waals surface area contributed by atoms with Crippen LogP contribution in [0.5, 0.6) is 0 Å². The summed E-state index contributed by atoms with van der Waals surface area (Å²) in [7, 11) is -13.9. The van der Waals surface area contributed by atoms with Crippen LogP contribution in [0.1, 0.15) is 148 Å². The summed E-state index contributed by atoms with van der Waals surface area (Å²) in [5, 5.41) is 0. The Morgan fingerprint density at radius 1 is 0.239 bits per heavy atom. The fourth-order valence-electron chi connectivity index (χ4n) is 12.7. The van der Waals surface area contributed by atoms with Gasteiger partial charge < -0.3 is 0 Å². The number of hydrogen-bond acceptors (Lipinski definition) is 8. The van der Waals surface area contributed by atoms with Gasteiger partial charge in [-0.15, -0.1) is 0 Å². The van der Waals surface area contributed by atoms with Gasteiger partial charge in [0.25, 0.3) is 0 Å². The van der Waals surface area contributed by atoms with E-state index in [4.69, 9.17) is 0 Å². The lowest BCUT2D eigenvalue weighted by Crippen LogP contribution is -2.35. The van der Waals surface area contributed by atoms with Gasteiger partial charge in [-0.3, -0.25) is 0 Å². The van der Waals surface area contributed by atoms with Crippen LogP contribution in [-0.4, -0.2) is 75.1 Å². The van der Waals surface area contributed by atoms with Crippen molar-refractivity contribution < 1.29 is 33.7 Å². The molecule has 0 saturated carbocycles. The minimum Gasteiger partial charge on any atom is -0.207 e. The molecule has 0 spiro atoms. The van der Waals surface area contributed by atoms with Gasteiger partial charge in [-0.2, -0.15) is 17.2 Å². The number of aryl methyl sites for hydroxylation is 4. The van der Waals surface area contributed by atoms with Crippen LogP contribution in [0, 0.1) is 27.7 Å². The fourth-order valence-corrected chi connectivity index (χ4v) is 20.2. The zero-order valence-electron chi connectivity index (χ0n) is 51.7. The van der Waals surface area contributed by atoms with Gasteiger partial charge in [-0.05, 0) is 178 Å². The van der Waals surface area contributed by atoms with E-state index < -0.39 is 40.1 Å². The van der Waals surface area contributed by atoms with E-state index in [0.717, 1.165) is 95.9 Å². The van der Waals surface area contributed by atoms with Gasteiger partial charge in [-0.1, -0.05) is 192 Å². The molecule has 4 aliphatic rings. The summed E-state index contributed by atoms with van der Waals surface area (Å²) in [5.74, 6) is 0. The van der Waals surface area contributed by atoms with Crippen LogP contribution in [0.4, 0.5) is 0 Å². The van der Waals surface area contributed by atoms with Crippen molar-refractivity contribution in [1.82, 2.24) is 17.2 Å². The smallest absolute Gasteiger partial charge is 0.207 e. The highest BCUT2D eigenvalue weighted by atomic mass is 32.2. The Morgan fingerprint density at radius 3 is 0.557 bits per heavy atom. The fraction of sp³-hybridized carbons (Fsp3) is 0.333. The van der Waals surface area contributed by atoms with Gasteiger partial charge >= 0.3 is 0 Å². The van der Waals surface area contributed by atoms with Crippen molar-refractivity contribution in [3.05, 3.63) is 263 Å². The van der Waals surface area contributed by atoms with E-state index in [-0.39, 0.29) is 48.3 Å². The summed E-state index contributed by atoms with van der Waals surface area (Å²) in [4.78, 5) is 1.53. The van der Waals surface area contributed by atoms with Crippen LogP contribution < -0.4 is 0 Å². The van der Waals surface area contributed by atoms with Crippen LogP contribution >= 0.6 is 0 Å². The van der Waals surface area contributed by atoms with Gasteiger partial charge in [0, 0.05) is 24.2 Å². The zero-order chi connectivity index (χ0) is 63.0. The van der Waals surface area contributed by atoms with E-state index in [0.29, 0.717) is 19.6 Å². The third-order valence-electron chi connectivity index (χ3n) is 17.5. The van der Waals surface area contributed by atoms with Crippen molar-refractivity contribution in [2.75, 3.05) is 0 Å². The predicted molar refractivity (Wildman–Crippen MR) is 352 cm³/mol. The van der Waals surface area contributed by atoms with Crippen molar-refractivity contribution in [2.24, 2.45) is 0 Å². The van der Waals surface area contributed by atoms with Crippen LogP contribution in [0.25, 0.3) is 0 Å². The normalized spacial score (nSPS) is 22.8. The molecule has 12 nitrogen and oxygen atoms in total. The molecule has 0 amide bonds. The molecule has 0 bridgehead atoms. The quantitative estimate of drug-likeness (QED) is 0.117. The molecule has 4 heterocycles. The third-order valence-corrected chi connectivity index (χ3v) is 25.7. The lowest BCUT2D eigenvalue weighted by atomic mass is 10.1. The standard InChI is InChI=1S/4C18H21NO2S/c4*1-14-8-11-17(12-9-14)22(20,21)19-15(2)10-13-18(19)16-6-4-3-5-7-16/h4*3-9,11-12,15,18H,10,13H2,1-2H3/t4*15-,18-/m0000/s1. The highest BCUT2D eigenvalue weighted by Gasteiger charge is 2.44. The molecule has 0 aliphatic carbocycles. The minimum absolute atomic E-state index is 0.0245. The molecule has 8 aromatic rings. The van der Waals surface area contributed by atoms with Crippen LogP contribution in [-0.2, 0) is 40.1 Å². The van der Waals surface area contributed by atoms with Gasteiger partial charge in [0.1, 0.15) is 0 Å². The average molecular weight is 1260 g/mol. The summed E-state index contributed by atoms with van der Waals surface area (Å²) < 4.78 is 111. The van der Waals surface area contributed by atoms with Crippen LogP contribution in [0.15, 0.2) is 238 Å². The van der Waals surface area contributed by atoms with Crippen molar-refractivity contribution in [3.63, 3.8) is 0 Å². The van der Waals surface area contributed by atoms with E-state index in [9.17, 15) is 33.7 Å². The third kappa shape index (κ3) is 14.8. The first-order valence-corrected chi connectivity index (χ1v) is 36.4. The van der Waals surface area contributed by atoms with Crippen molar-refractivity contribution in [2.45, 2.75) is 175 Å². The number of benzene rings is 8. The maximum atomic E-state index is 13.1. The minimum atomic E-state index is -3.47. The molecule has 12 rings (SSSR count). The second-order valence-corrected chi connectivity index (χ2v) is 31.4. The molecule has 0 radical (unpaired) electrons. The zero-order valence-corrected chi connectivity index (χ0v) is 55.0. The Morgan fingerprint density at radius 2 is 0.398 bits per heavy atom. The molecule has 16 heteroatoms. The van der Waals surface area contributed by atoms with Crippen molar-refractivity contribution in [1.29, 1.82) is 0 Å². The van der Waals surface area contributed by atoms with Crippen LogP contribution in [0.2, 0.25) is 0 Å². The Labute approximate surface area is 525 Å². The molecular formula is C72H84N4O8S4. The summed E-state index contributed by atoms with van der Waals surface area (Å²) >= 11 is 0. The molecule has 4 fully saturated rings. The molecule has 4 aliphatic heterocycles. The van der Waals surface area contributed by atoms with Gasteiger partial charge in [0.05, 0.1) is 43.7 Å². The Bertz CT molecular complexity index is 3490. The van der Waals surface area contributed by atoms with Gasteiger partial charge in [0.15, 0.2) is 0 Å². The largest absolute Gasteiger partial charge is 0.243 e. The van der Waals surface area contributed by atoms with E-state index in [1.165, 1.54) is 0 Å². The summed E-state index contributed by atoms with van der Waals surface area (Å²) in [6, 6.07) is 68.0. The first-order valence-electron chi connectivity index (χ1n) is 30.6. The van der Waals surface area contributed by atoms with E-state index in [2.05, 4.69) is 0 Å². The topological polar surface area (TPSA) is 150 Å². The lowest BCUT2D eigenvalue weighted by Gasteiger charge is -2.28.